The summed E-state index contributed by atoms with van der Waals surface area (Å²) in [6, 6.07) is 6.87. The highest BCUT2D eigenvalue weighted by molar-refractivity contribution is 7.14. The van der Waals surface area contributed by atoms with Crippen LogP contribution in [0.25, 0.3) is 10.4 Å². The van der Waals surface area contributed by atoms with E-state index >= 15 is 0 Å². The van der Waals surface area contributed by atoms with Gasteiger partial charge >= 0.3 is 5.97 Å². The molecule has 0 radical (unpaired) electrons. The second kappa shape index (κ2) is 4.45. The van der Waals surface area contributed by atoms with E-state index in [1.807, 2.05) is 6.07 Å². The zero-order chi connectivity index (χ0) is 11.7. The standard InChI is InChI=1S/C11H6Cl2O2S/c12-8-3-1-2-7(10(8)13)9-4-6(5-16-9)11(14)15/h1-5H,(H,14,15). The quantitative estimate of drug-likeness (QED) is 0.879. The smallest absolute Gasteiger partial charge is 0.336 e. The summed E-state index contributed by atoms with van der Waals surface area (Å²) in [5, 5.41) is 11.3. The lowest BCUT2D eigenvalue weighted by Crippen LogP contribution is -1.91. The number of hydrogen-bond donors (Lipinski definition) is 1. The Kier molecular flexibility index (Phi) is 3.19. The van der Waals surface area contributed by atoms with Crippen molar-refractivity contribution in [1.82, 2.24) is 0 Å². The summed E-state index contributed by atoms with van der Waals surface area (Å²) in [6.07, 6.45) is 0. The fourth-order valence-electron chi connectivity index (χ4n) is 1.28. The number of carboxylic acid groups (broad SMARTS) is 1. The van der Waals surface area contributed by atoms with Crippen LogP contribution in [0.3, 0.4) is 0 Å². The highest BCUT2D eigenvalue weighted by Crippen LogP contribution is 2.36. The Morgan fingerprint density at radius 1 is 1.31 bits per heavy atom. The molecule has 16 heavy (non-hydrogen) atoms. The Balaban J connectivity index is 2.50. The van der Waals surface area contributed by atoms with E-state index in [1.54, 1.807) is 23.6 Å². The van der Waals surface area contributed by atoms with Crippen LogP contribution in [0.15, 0.2) is 29.6 Å². The van der Waals surface area contributed by atoms with Crippen LogP contribution in [-0.4, -0.2) is 11.1 Å². The lowest BCUT2D eigenvalue weighted by molar-refractivity contribution is 0.0697. The van der Waals surface area contributed by atoms with Gasteiger partial charge in [0.2, 0.25) is 0 Å². The van der Waals surface area contributed by atoms with Gasteiger partial charge in [-0.2, -0.15) is 0 Å². The van der Waals surface area contributed by atoms with E-state index in [2.05, 4.69) is 0 Å². The van der Waals surface area contributed by atoms with Crippen LogP contribution in [0.2, 0.25) is 10.0 Å². The van der Waals surface area contributed by atoms with Crippen molar-refractivity contribution in [2.75, 3.05) is 0 Å². The maximum absolute atomic E-state index is 10.7. The molecule has 0 aliphatic rings. The predicted molar refractivity (Wildman–Crippen MR) is 66.7 cm³/mol. The Morgan fingerprint density at radius 2 is 2.06 bits per heavy atom. The second-order valence-electron chi connectivity index (χ2n) is 3.11. The van der Waals surface area contributed by atoms with E-state index in [9.17, 15) is 4.79 Å². The van der Waals surface area contributed by atoms with E-state index in [4.69, 9.17) is 28.3 Å². The number of thiophene rings is 1. The van der Waals surface area contributed by atoms with Crippen molar-refractivity contribution in [3.05, 3.63) is 45.3 Å². The summed E-state index contributed by atoms with van der Waals surface area (Å²) in [5.74, 6) is -0.944. The molecule has 1 aromatic heterocycles. The van der Waals surface area contributed by atoms with E-state index in [-0.39, 0.29) is 5.56 Å². The molecule has 5 heteroatoms. The fourth-order valence-corrected chi connectivity index (χ4v) is 2.66. The van der Waals surface area contributed by atoms with Gasteiger partial charge in [0.05, 0.1) is 15.6 Å². The van der Waals surface area contributed by atoms with Gasteiger partial charge in [-0.25, -0.2) is 4.79 Å². The Hall–Kier alpha value is -1.03. The maximum atomic E-state index is 10.7. The number of halogens is 2. The maximum Gasteiger partial charge on any atom is 0.336 e. The zero-order valence-corrected chi connectivity index (χ0v) is 10.2. The summed E-state index contributed by atoms with van der Waals surface area (Å²) >= 11 is 13.3. The summed E-state index contributed by atoms with van der Waals surface area (Å²) in [5.41, 5.74) is 1.02. The van der Waals surface area contributed by atoms with Crippen molar-refractivity contribution in [3.8, 4) is 10.4 Å². The van der Waals surface area contributed by atoms with E-state index in [0.717, 1.165) is 10.4 Å². The van der Waals surface area contributed by atoms with E-state index in [1.165, 1.54) is 11.3 Å². The van der Waals surface area contributed by atoms with Gasteiger partial charge in [0, 0.05) is 15.8 Å². The summed E-state index contributed by atoms with van der Waals surface area (Å²) in [7, 11) is 0. The Labute approximate surface area is 106 Å². The van der Waals surface area contributed by atoms with Gasteiger partial charge in [-0.05, 0) is 12.1 Å². The number of benzene rings is 1. The molecule has 1 heterocycles. The van der Waals surface area contributed by atoms with Crippen molar-refractivity contribution in [1.29, 1.82) is 0 Å². The molecule has 1 N–H and O–H groups in total. The first-order chi connectivity index (χ1) is 7.59. The average molecular weight is 273 g/mol. The third-order valence-corrected chi connectivity index (χ3v) is 3.85. The molecule has 0 amide bonds. The molecule has 0 unspecified atom stereocenters. The van der Waals surface area contributed by atoms with Gasteiger partial charge in [0.15, 0.2) is 0 Å². The number of carbonyl (C=O) groups is 1. The average Bonchev–Trinajstić information content (AvgIpc) is 2.71. The summed E-state index contributed by atoms with van der Waals surface area (Å²) in [4.78, 5) is 11.5. The minimum absolute atomic E-state index is 0.260. The van der Waals surface area contributed by atoms with Gasteiger partial charge in [-0.15, -0.1) is 11.3 Å². The first-order valence-corrected chi connectivity index (χ1v) is 5.99. The van der Waals surface area contributed by atoms with Gasteiger partial charge in [-0.1, -0.05) is 35.3 Å². The zero-order valence-electron chi connectivity index (χ0n) is 7.91. The molecule has 0 bridgehead atoms. The van der Waals surface area contributed by atoms with Crippen LogP contribution in [-0.2, 0) is 0 Å². The highest BCUT2D eigenvalue weighted by atomic mass is 35.5. The molecule has 0 fully saturated rings. The van der Waals surface area contributed by atoms with Gasteiger partial charge < -0.3 is 5.11 Å². The number of carboxylic acids is 1. The van der Waals surface area contributed by atoms with Crippen molar-refractivity contribution in [3.63, 3.8) is 0 Å². The molecule has 0 saturated carbocycles. The van der Waals surface area contributed by atoms with Crippen LogP contribution < -0.4 is 0 Å². The van der Waals surface area contributed by atoms with Crippen LogP contribution in [0.1, 0.15) is 10.4 Å². The van der Waals surface area contributed by atoms with Crippen LogP contribution in [0.5, 0.6) is 0 Å². The van der Waals surface area contributed by atoms with Crippen molar-refractivity contribution >= 4 is 40.5 Å². The molecule has 0 atom stereocenters. The molecule has 0 saturated heterocycles. The molecule has 2 rings (SSSR count). The number of rotatable bonds is 2. The van der Waals surface area contributed by atoms with Crippen molar-refractivity contribution in [2.45, 2.75) is 0 Å². The molecule has 0 spiro atoms. The fraction of sp³-hybridized carbons (Fsp3) is 0. The number of aromatic carboxylic acids is 1. The molecule has 82 valence electrons. The monoisotopic (exact) mass is 272 g/mol. The molecule has 0 aliphatic heterocycles. The highest BCUT2D eigenvalue weighted by Gasteiger charge is 2.11. The lowest BCUT2D eigenvalue weighted by Gasteiger charge is -2.02. The summed E-state index contributed by atoms with van der Waals surface area (Å²) in [6.45, 7) is 0. The minimum Gasteiger partial charge on any atom is -0.478 e. The van der Waals surface area contributed by atoms with Crippen LogP contribution in [0.4, 0.5) is 0 Å². The SMILES string of the molecule is O=C(O)c1csc(-c2cccc(Cl)c2Cl)c1. The third kappa shape index (κ3) is 2.07. The van der Waals surface area contributed by atoms with Gasteiger partial charge in [0.25, 0.3) is 0 Å². The van der Waals surface area contributed by atoms with Crippen LogP contribution in [0, 0.1) is 0 Å². The molecule has 2 aromatic rings. The lowest BCUT2D eigenvalue weighted by atomic mass is 10.1. The topological polar surface area (TPSA) is 37.3 Å². The predicted octanol–water partition coefficient (Wildman–Crippen LogP) is 4.42. The molecular weight excluding hydrogens is 267 g/mol. The number of hydrogen-bond acceptors (Lipinski definition) is 2. The normalized spacial score (nSPS) is 10.4. The van der Waals surface area contributed by atoms with E-state index < -0.39 is 5.97 Å². The Morgan fingerprint density at radius 3 is 2.69 bits per heavy atom. The van der Waals surface area contributed by atoms with Crippen molar-refractivity contribution < 1.29 is 9.90 Å². The van der Waals surface area contributed by atoms with Gasteiger partial charge in [0.1, 0.15) is 0 Å². The van der Waals surface area contributed by atoms with Crippen molar-refractivity contribution in [2.24, 2.45) is 0 Å². The molecule has 0 aliphatic carbocycles. The largest absolute Gasteiger partial charge is 0.478 e. The first-order valence-electron chi connectivity index (χ1n) is 4.36. The van der Waals surface area contributed by atoms with E-state index in [0.29, 0.717) is 10.0 Å². The van der Waals surface area contributed by atoms with Gasteiger partial charge in [-0.3, -0.25) is 0 Å². The van der Waals surface area contributed by atoms with Crippen LogP contribution >= 0.6 is 34.5 Å². The molecular formula is C11H6Cl2O2S. The molecule has 2 nitrogen and oxygen atoms in total. The minimum atomic E-state index is -0.944. The molecule has 1 aromatic carbocycles. The second-order valence-corrected chi connectivity index (χ2v) is 4.80. The third-order valence-electron chi connectivity index (χ3n) is 2.06. The summed E-state index contributed by atoms with van der Waals surface area (Å²) < 4.78 is 0. The first kappa shape index (κ1) is 11.5. The Bertz CT molecular complexity index is 549.